The fraction of sp³-hybridized carbons (Fsp3) is 0.174. The predicted molar refractivity (Wildman–Crippen MR) is 112 cm³/mol. The molecule has 4 aromatic rings. The molecule has 0 saturated carbocycles. The van der Waals surface area contributed by atoms with E-state index in [9.17, 15) is 9.18 Å². The molecule has 0 aliphatic rings. The van der Waals surface area contributed by atoms with Gasteiger partial charge in [-0.05, 0) is 66.8 Å². The second kappa shape index (κ2) is 7.60. The Morgan fingerprint density at radius 2 is 1.89 bits per heavy atom. The lowest BCUT2D eigenvalue weighted by atomic mass is 10.1. The smallest absolute Gasteiger partial charge is 0.251 e. The van der Waals surface area contributed by atoms with Gasteiger partial charge in [0.2, 0.25) is 0 Å². The van der Waals surface area contributed by atoms with Crippen molar-refractivity contribution >= 4 is 28.1 Å². The van der Waals surface area contributed by atoms with Crippen LogP contribution < -0.4 is 5.32 Å². The summed E-state index contributed by atoms with van der Waals surface area (Å²) in [4.78, 5) is 13.7. The van der Waals surface area contributed by atoms with Gasteiger partial charge in [-0.3, -0.25) is 4.79 Å². The number of fused-ring (bicyclic) bond motifs is 1. The van der Waals surface area contributed by atoms with E-state index in [-0.39, 0.29) is 11.7 Å². The van der Waals surface area contributed by atoms with Crippen LogP contribution >= 0.6 is 11.3 Å². The van der Waals surface area contributed by atoms with Crippen molar-refractivity contribution in [3.8, 4) is 0 Å². The maximum Gasteiger partial charge on any atom is 0.251 e. The van der Waals surface area contributed by atoms with Crippen LogP contribution in [-0.2, 0) is 13.1 Å². The molecule has 3 nitrogen and oxygen atoms in total. The Morgan fingerprint density at radius 1 is 1.11 bits per heavy atom. The van der Waals surface area contributed by atoms with Crippen LogP contribution in [0.5, 0.6) is 0 Å². The Labute approximate surface area is 167 Å². The Hall–Kier alpha value is -2.92. The van der Waals surface area contributed by atoms with E-state index in [0.717, 1.165) is 32.6 Å². The molecule has 0 aliphatic carbocycles. The first-order valence-corrected chi connectivity index (χ1v) is 10.1. The maximum atomic E-state index is 13.2. The third-order valence-electron chi connectivity index (χ3n) is 5.16. The molecule has 0 aliphatic heterocycles. The molecule has 1 N–H and O–H groups in total. The quantitative estimate of drug-likeness (QED) is 0.482. The molecule has 28 heavy (non-hydrogen) atoms. The van der Waals surface area contributed by atoms with Crippen LogP contribution in [0.3, 0.4) is 0 Å². The van der Waals surface area contributed by atoms with Crippen LogP contribution in [0, 0.1) is 19.7 Å². The molecular weight excluding hydrogens is 371 g/mol. The van der Waals surface area contributed by atoms with Gasteiger partial charge in [0.05, 0.1) is 6.54 Å². The molecule has 2 aromatic carbocycles. The van der Waals surface area contributed by atoms with E-state index in [1.165, 1.54) is 12.1 Å². The maximum absolute atomic E-state index is 13.2. The first-order valence-electron chi connectivity index (χ1n) is 9.17. The Kier molecular flexibility index (Phi) is 5.01. The molecule has 5 heteroatoms. The van der Waals surface area contributed by atoms with Gasteiger partial charge >= 0.3 is 0 Å². The lowest BCUT2D eigenvalue weighted by Gasteiger charge is -2.09. The topological polar surface area (TPSA) is 34.0 Å². The summed E-state index contributed by atoms with van der Waals surface area (Å²) in [7, 11) is 0. The van der Waals surface area contributed by atoms with E-state index in [1.54, 1.807) is 11.3 Å². The van der Waals surface area contributed by atoms with Gasteiger partial charge < -0.3 is 9.88 Å². The van der Waals surface area contributed by atoms with Gasteiger partial charge in [-0.25, -0.2) is 4.39 Å². The number of aromatic nitrogens is 1. The van der Waals surface area contributed by atoms with Crippen molar-refractivity contribution in [1.29, 1.82) is 0 Å². The zero-order valence-corrected chi connectivity index (χ0v) is 16.6. The molecule has 0 unspecified atom stereocenters. The summed E-state index contributed by atoms with van der Waals surface area (Å²) >= 11 is 1.63. The van der Waals surface area contributed by atoms with E-state index >= 15 is 0 Å². The highest BCUT2D eigenvalue weighted by atomic mass is 32.1. The molecular formula is C23H21FN2OS. The van der Waals surface area contributed by atoms with Crippen LogP contribution in [0.25, 0.3) is 10.9 Å². The van der Waals surface area contributed by atoms with Crippen molar-refractivity contribution in [1.82, 2.24) is 9.88 Å². The SMILES string of the molecule is Cc1c(C)n(Cc2ccc(F)cc2)c2ccc(C(=O)NCc3cccs3)cc12. The minimum atomic E-state index is -0.229. The Bertz CT molecular complexity index is 1130. The van der Waals surface area contributed by atoms with Crippen molar-refractivity contribution in [3.05, 3.63) is 93.1 Å². The summed E-state index contributed by atoms with van der Waals surface area (Å²) in [5.74, 6) is -0.300. The molecule has 0 spiro atoms. The molecule has 1 amide bonds. The van der Waals surface area contributed by atoms with Gasteiger partial charge in [0.25, 0.3) is 5.91 Å². The number of thiophene rings is 1. The summed E-state index contributed by atoms with van der Waals surface area (Å²) < 4.78 is 15.4. The van der Waals surface area contributed by atoms with Crippen LogP contribution in [0.1, 0.15) is 32.1 Å². The number of carbonyl (C=O) groups excluding carboxylic acids is 1. The number of nitrogens with zero attached hydrogens (tertiary/aromatic N) is 1. The highest BCUT2D eigenvalue weighted by Crippen LogP contribution is 2.27. The minimum Gasteiger partial charge on any atom is -0.347 e. The number of hydrogen-bond donors (Lipinski definition) is 1. The Morgan fingerprint density at radius 3 is 2.61 bits per heavy atom. The van der Waals surface area contributed by atoms with Crippen LogP contribution in [-0.4, -0.2) is 10.5 Å². The zero-order valence-electron chi connectivity index (χ0n) is 15.8. The number of amides is 1. The lowest BCUT2D eigenvalue weighted by Crippen LogP contribution is -2.22. The number of benzene rings is 2. The monoisotopic (exact) mass is 392 g/mol. The molecule has 2 aromatic heterocycles. The van der Waals surface area contributed by atoms with E-state index in [4.69, 9.17) is 0 Å². The molecule has 0 bridgehead atoms. The van der Waals surface area contributed by atoms with E-state index in [0.29, 0.717) is 18.7 Å². The highest BCUT2D eigenvalue weighted by Gasteiger charge is 2.14. The summed E-state index contributed by atoms with van der Waals surface area (Å²) in [5.41, 5.74) is 5.08. The fourth-order valence-corrected chi connectivity index (χ4v) is 4.09. The first-order chi connectivity index (χ1) is 13.5. The van der Waals surface area contributed by atoms with E-state index < -0.39 is 0 Å². The minimum absolute atomic E-state index is 0.0707. The number of halogens is 1. The van der Waals surface area contributed by atoms with Crippen molar-refractivity contribution in [2.75, 3.05) is 0 Å². The average Bonchev–Trinajstić information content (AvgIpc) is 3.31. The predicted octanol–water partition coefficient (Wildman–Crippen LogP) is 5.44. The normalized spacial score (nSPS) is 11.1. The second-order valence-corrected chi connectivity index (χ2v) is 7.95. The van der Waals surface area contributed by atoms with Crippen molar-refractivity contribution in [2.24, 2.45) is 0 Å². The second-order valence-electron chi connectivity index (χ2n) is 6.92. The molecule has 2 heterocycles. The molecule has 0 saturated heterocycles. The summed E-state index contributed by atoms with van der Waals surface area (Å²) in [6, 6.07) is 16.4. The molecule has 4 rings (SSSR count). The van der Waals surface area contributed by atoms with Gasteiger partial charge in [0, 0.05) is 33.6 Å². The number of aryl methyl sites for hydroxylation is 1. The van der Waals surface area contributed by atoms with Crippen LogP contribution in [0.4, 0.5) is 4.39 Å². The molecule has 0 atom stereocenters. The lowest BCUT2D eigenvalue weighted by molar-refractivity contribution is 0.0951. The van der Waals surface area contributed by atoms with Gasteiger partial charge in [0.1, 0.15) is 5.82 Å². The van der Waals surface area contributed by atoms with Crippen molar-refractivity contribution in [3.63, 3.8) is 0 Å². The van der Waals surface area contributed by atoms with E-state index in [2.05, 4.69) is 23.7 Å². The number of carbonyl (C=O) groups is 1. The summed E-state index contributed by atoms with van der Waals surface area (Å²) in [5, 5.41) is 6.06. The molecule has 142 valence electrons. The largest absolute Gasteiger partial charge is 0.347 e. The van der Waals surface area contributed by atoms with E-state index in [1.807, 2.05) is 47.8 Å². The Balaban J connectivity index is 1.62. The summed E-state index contributed by atoms with van der Waals surface area (Å²) in [6.45, 7) is 5.36. The zero-order chi connectivity index (χ0) is 19.7. The van der Waals surface area contributed by atoms with Gasteiger partial charge in [-0.15, -0.1) is 11.3 Å². The van der Waals surface area contributed by atoms with Gasteiger partial charge in [-0.1, -0.05) is 18.2 Å². The van der Waals surface area contributed by atoms with Gasteiger partial charge in [-0.2, -0.15) is 0 Å². The standard InChI is InChI=1S/C23H21FN2OS/c1-15-16(2)26(14-17-5-8-19(24)9-6-17)22-10-7-18(12-21(15)22)23(27)25-13-20-4-3-11-28-20/h3-12H,13-14H2,1-2H3,(H,25,27). The van der Waals surface area contributed by atoms with Crippen LogP contribution in [0.2, 0.25) is 0 Å². The number of nitrogens with one attached hydrogen (secondary N) is 1. The molecule has 0 fully saturated rings. The summed E-state index contributed by atoms with van der Waals surface area (Å²) in [6.07, 6.45) is 0. The third-order valence-corrected chi connectivity index (χ3v) is 6.03. The molecule has 0 radical (unpaired) electrons. The third kappa shape index (κ3) is 3.58. The van der Waals surface area contributed by atoms with Gasteiger partial charge in [0.15, 0.2) is 0 Å². The number of hydrogen-bond acceptors (Lipinski definition) is 2. The highest BCUT2D eigenvalue weighted by molar-refractivity contribution is 7.09. The average molecular weight is 392 g/mol. The first kappa shape index (κ1) is 18.4. The van der Waals surface area contributed by atoms with Crippen molar-refractivity contribution < 1.29 is 9.18 Å². The van der Waals surface area contributed by atoms with Crippen LogP contribution in [0.15, 0.2) is 60.0 Å². The fourth-order valence-electron chi connectivity index (χ4n) is 3.45. The van der Waals surface area contributed by atoms with Crippen molar-refractivity contribution in [2.45, 2.75) is 26.9 Å². The number of rotatable bonds is 5.